The molecule has 0 spiro atoms. The number of aromatic nitrogens is 2. The Morgan fingerprint density at radius 2 is 2.14 bits per heavy atom. The van der Waals surface area contributed by atoms with Crippen molar-refractivity contribution in [3.05, 3.63) is 63.8 Å². The number of hydrogen-bond acceptors (Lipinski definition) is 4. The van der Waals surface area contributed by atoms with Crippen LogP contribution in [0.4, 0.5) is 18.7 Å². The monoisotopic (exact) mass is 425 g/mol. The number of nitrogens with one attached hydrogen (secondary N) is 1. The molecular formula is C19H18ClF2N3O2S. The highest BCUT2D eigenvalue weighted by Crippen LogP contribution is 2.25. The molecule has 0 radical (unpaired) electrons. The van der Waals surface area contributed by atoms with Gasteiger partial charge in [0.15, 0.2) is 5.13 Å². The number of ether oxygens (including phenoxy) is 1. The van der Waals surface area contributed by atoms with Crippen LogP contribution in [-0.2, 0) is 13.0 Å². The first-order valence-electron chi connectivity index (χ1n) is 8.53. The standard InChI is InChI=1S/C19H18ClF2N3O2S/c1-11(2)5-12-6-17(27-19(26)24-18-23-8-16(20)28-18)25(9-12)10-13-3-4-14(21)7-15(13)22/h3-4,6-9,11H,5,10H2,1-2H3,(H,23,24,26). The first-order valence-corrected chi connectivity index (χ1v) is 9.72. The molecule has 3 rings (SSSR count). The van der Waals surface area contributed by atoms with E-state index in [-0.39, 0.29) is 18.0 Å². The molecule has 0 saturated heterocycles. The van der Waals surface area contributed by atoms with Crippen LogP contribution in [0.2, 0.25) is 4.34 Å². The maximum absolute atomic E-state index is 14.0. The Labute approximate surface area is 169 Å². The number of benzene rings is 1. The lowest BCUT2D eigenvalue weighted by molar-refractivity contribution is 0.211. The quantitative estimate of drug-likeness (QED) is 0.548. The molecular weight excluding hydrogens is 408 g/mol. The highest BCUT2D eigenvalue weighted by atomic mass is 35.5. The van der Waals surface area contributed by atoms with Crippen LogP contribution in [0.15, 0.2) is 36.7 Å². The molecule has 5 nitrogen and oxygen atoms in total. The van der Waals surface area contributed by atoms with E-state index in [0.29, 0.717) is 15.4 Å². The van der Waals surface area contributed by atoms with Crippen molar-refractivity contribution in [2.75, 3.05) is 5.32 Å². The first kappa shape index (κ1) is 20.3. The highest BCUT2D eigenvalue weighted by molar-refractivity contribution is 7.19. The number of carbonyl (C=O) groups excluding carboxylic acids is 1. The normalized spacial score (nSPS) is 11.1. The van der Waals surface area contributed by atoms with Gasteiger partial charge in [0.1, 0.15) is 16.0 Å². The molecule has 0 unspecified atom stereocenters. The van der Waals surface area contributed by atoms with Crippen molar-refractivity contribution < 1.29 is 18.3 Å². The Kier molecular flexibility index (Phi) is 6.31. The predicted octanol–water partition coefficient (Wildman–Crippen LogP) is 5.73. The summed E-state index contributed by atoms with van der Waals surface area (Å²) in [6.45, 7) is 4.22. The van der Waals surface area contributed by atoms with Crippen LogP contribution >= 0.6 is 22.9 Å². The molecule has 9 heteroatoms. The fraction of sp³-hybridized carbons (Fsp3) is 0.263. The van der Waals surface area contributed by atoms with E-state index in [4.69, 9.17) is 16.3 Å². The van der Waals surface area contributed by atoms with Crippen molar-refractivity contribution in [2.45, 2.75) is 26.8 Å². The molecule has 1 N–H and O–H groups in total. The zero-order valence-corrected chi connectivity index (χ0v) is 16.8. The smallest absolute Gasteiger partial charge is 0.393 e. The van der Waals surface area contributed by atoms with Gasteiger partial charge in [0.2, 0.25) is 5.88 Å². The number of halogens is 3. The van der Waals surface area contributed by atoms with Crippen molar-refractivity contribution in [1.82, 2.24) is 9.55 Å². The van der Waals surface area contributed by atoms with E-state index in [1.54, 1.807) is 16.8 Å². The van der Waals surface area contributed by atoms with E-state index in [1.807, 2.05) is 0 Å². The third-order valence-corrected chi connectivity index (χ3v) is 4.83. The van der Waals surface area contributed by atoms with Crippen LogP contribution in [0, 0.1) is 17.6 Å². The number of thiazole rings is 1. The van der Waals surface area contributed by atoms with Gasteiger partial charge in [-0.25, -0.2) is 18.6 Å². The number of amides is 1. The van der Waals surface area contributed by atoms with Crippen molar-refractivity contribution >= 4 is 34.2 Å². The van der Waals surface area contributed by atoms with Gasteiger partial charge in [-0.1, -0.05) is 42.9 Å². The number of hydrogen-bond donors (Lipinski definition) is 1. The second-order valence-electron chi connectivity index (χ2n) is 6.63. The number of anilines is 1. The topological polar surface area (TPSA) is 56.1 Å². The molecule has 0 aliphatic heterocycles. The summed E-state index contributed by atoms with van der Waals surface area (Å²) in [5, 5.41) is 2.80. The molecule has 0 aliphatic carbocycles. The lowest BCUT2D eigenvalue weighted by atomic mass is 10.1. The second-order valence-corrected chi connectivity index (χ2v) is 8.29. The van der Waals surface area contributed by atoms with Crippen molar-refractivity contribution in [2.24, 2.45) is 5.92 Å². The van der Waals surface area contributed by atoms with Crippen molar-refractivity contribution in [1.29, 1.82) is 0 Å². The van der Waals surface area contributed by atoms with Crippen molar-refractivity contribution in [3.8, 4) is 5.88 Å². The molecule has 1 aromatic carbocycles. The average Bonchev–Trinajstić information content (AvgIpc) is 3.15. The second kappa shape index (κ2) is 8.70. The van der Waals surface area contributed by atoms with Gasteiger partial charge in [-0.2, -0.15) is 0 Å². The predicted molar refractivity (Wildman–Crippen MR) is 105 cm³/mol. The van der Waals surface area contributed by atoms with E-state index >= 15 is 0 Å². The minimum absolute atomic E-state index is 0.0932. The zero-order valence-electron chi connectivity index (χ0n) is 15.2. The average molecular weight is 426 g/mol. The molecule has 0 atom stereocenters. The zero-order chi connectivity index (χ0) is 20.3. The molecule has 0 aliphatic rings. The van der Waals surface area contributed by atoms with Gasteiger partial charge in [0.05, 0.1) is 12.7 Å². The van der Waals surface area contributed by atoms with E-state index < -0.39 is 17.7 Å². The van der Waals surface area contributed by atoms with Gasteiger partial charge in [-0.3, -0.25) is 5.32 Å². The fourth-order valence-corrected chi connectivity index (χ4v) is 3.49. The van der Waals surface area contributed by atoms with Crippen LogP contribution in [-0.4, -0.2) is 15.6 Å². The van der Waals surface area contributed by atoms with Crippen molar-refractivity contribution in [3.63, 3.8) is 0 Å². The SMILES string of the molecule is CC(C)Cc1cc(OC(=O)Nc2ncc(Cl)s2)n(Cc2ccc(F)cc2F)c1. The Hall–Kier alpha value is -2.45. The van der Waals surface area contributed by atoms with Gasteiger partial charge in [-0.05, 0) is 24.0 Å². The summed E-state index contributed by atoms with van der Waals surface area (Å²) in [7, 11) is 0. The number of rotatable bonds is 6. The minimum atomic E-state index is -0.735. The van der Waals surface area contributed by atoms with Gasteiger partial charge >= 0.3 is 6.09 Å². The summed E-state index contributed by atoms with van der Waals surface area (Å²) < 4.78 is 34.6. The highest BCUT2D eigenvalue weighted by Gasteiger charge is 2.15. The van der Waals surface area contributed by atoms with E-state index in [1.165, 1.54) is 18.3 Å². The lowest BCUT2D eigenvalue weighted by Gasteiger charge is -2.10. The molecule has 2 heterocycles. The van der Waals surface area contributed by atoms with Crippen LogP contribution in [0.1, 0.15) is 25.0 Å². The Morgan fingerprint density at radius 3 is 2.79 bits per heavy atom. The summed E-state index contributed by atoms with van der Waals surface area (Å²) in [4.78, 5) is 16.1. The maximum atomic E-state index is 14.0. The third kappa shape index (κ3) is 5.30. The molecule has 0 fully saturated rings. The third-order valence-electron chi connectivity index (χ3n) is 3.80. The Bertz CT molecular complexity index is 987. The summed E-state index contributed by atoms with van der Waals surface area (Å²) in [5.74, 6) is -0.670. The molecule has 2 aromatic heterocycles. The summed E-state index contributed by atoms with van der Waals surface area (Å²) in [6, 6.07) is 5.12. The molecule has 3 aromatic rings. The number of nitrogens with zero attached hydrogens (tertiary/aromatic N) is 2. The van der Waals surface area contributed by atoms with Crippen LogP contribution < -0.4 is 10.1 Å². The Balaban J connectivity index is 1.81. The fourth-order valence-electron chi connectivity index (χ4n) is 2.69. The largest absolute Gasteiger partial charge is 0.420 e. The number of carbonyl (C=O) groups is 1. The van der Waals surface area contributed by atoms with Crippen LogP contribution in [0.3, 0.4) is 0 Å². The van der Waals surface area contributed by atoms with E-state index in [2.05, 4.69) is 24.1 Å². The molecule has 0 bridgehead atoms. The van der Waals surface area contributed by atoms with Crippen LogP contribution in [0.25, 0.3) is 0 Å². The van der Waals surface area contributed by atoms with Crippen LogP contribution in [0.5, 0.6) is 5.88 Å². The summed E-state index contributed by atoms with van der Waals surface area (Å²) in [6.07, 6.45) is 3.24. The lowest BCUT2D eigenvalue weighted by Crippen LogP contribution is -2.18. The first-order chi connectivity index (χ1) is 13.3. The molecule has 28 heavy (non-hydrogen) atoms. The van der Waals surface area contributed by atoms with Gasteiger partial charge < -0.3 is 9.30 Å². The Morgan fingerprint density at radius 1 is 1.36 bits per heavy atom. The van der Waals surface area contributed by atoms with E-state index in [9.17, 15) is 13.6 Å². The summed E-state index contributed by atoms with van der Waals surface area (Å²) >= 11 is 6.90. The molecule has 0 saturated carbocycles. The van der Waals surface area contributed by atoms with E-state index in [0.717, 1.165) is 29.4 Å². The minimum Gasteiger partial charge on any atom is -0.393 e. The van der Waals surface area contributed by atoms with Gasteiger partial charge in [0.25, 0.3) is 0 Å². The molecule has 1 amide bonds. The summed E-state index contributed by atoms with van der Waals surface area (Å²) in [5.41, 5.74) is 1.22. The van der Waals surface area contributed by atoms with Gasteiger partial charge in [-0.15, -0.1) is 0 Å². The van der Waals surface area contributed by atoms with Gasteiger partial charge in [0, 0.05) is 23.9 Å². The maximum Gasteiger partial charge on any atom is 0.420 e. The molecule has 148 valence electrons.